The highest BCUT2D eigenvalue weighted by atomic mass is 79.9. The van der Waals surface area contributed by atoms with Crippen LogP contribution in [0.4, 0.5) is 0 Å². The lowest BCUT2D eigenvalue weighted by Crippen LogP contribution is -2.40. The van der Waals surface area contributed by atoms with Gasteiger partial charge in [-0.05, 0) is 60.9 Å². The standard InChI is InChI=1S/C14H23BrN2S/c1-11(16)14(12-7-8-13(15)18-12)17-9-5-3-2-4-6-10-17/h7-8,11,14H,2-6,9-10,16H2,1H3. The number of thiophene rings is 1. The summed E-state index contributed by atoms with van der Waals surface area (Å²) in [5.74, 6) is 0. The van der Waals surface area contributed by atoms with Crippen LogP contribution in [0, 0.1) is 0 Å². The van der Waals surface area contributed by atoms with E-state index in [4.69, 9.17) is 5.73 Å². The van der Waals surface area contributed by atoms with Gasteiger partial charge in [0.2, 0.25) is 0 Å². The summed E-state index contributed by atoms with van der Waals surface area (Å²) in [5, 5.41) is 0. The predicted octanol–water partition coefficient (Wildman–Crippen LogP) is 4.17. The van der Waals surface area contributed by atoms with Gasteiger partial charge in [0.15, 0.2) is 0 Å². The fourth-order valence-electron chi connectivity index (χ4n) is 2.81. The van der Waals surface area contributed by atoms with Crippen molar-refractivity contribution >= 4 is 27.3 Å². The van der Waals surface area contributed by atoms with E-state index in [0.29, 0.717) is 6.04 Å². The molecule has 1 aromatic rings. The zero-order valence-electron chi connectivity index (χ0n) is 11.1. The van der Waals surface area contributed by atoms with Gasteiger partial charge >= 0.3 is 0 Å². The maximum atomic E-state index is 6.25. The summed E-state index contributed by atoms with van der Waals surface area (Å²) >= 11 is 5.39. The second-order valence-corrected chi connectivity index (χ2v) is 7.74. The van der Waals surface area contributed by atoms with Crippen molar-refractivity contribution in [3.8, 4) is 0 Å². The number of hydrogen-bond acceptors (Lipinski definition) is 3. The topological polar surface area (TPSA) is 29.3 Å². The number of nitrogens with two attached hydrogens (primary N) is 1. The molecule has 2 N–H and O–H groups in total. The molecule has 0 bridgehead atoms. The van der Waals surface area contributed by atoms with Gasteiger partial charge in [-0.15, -0.1) is 11.3 Å². The van der Waals surface area contributed by atoms with E-state index in [-0.39, 0.29) is 6.04 Å². The highest BCUT2D eigenvalue weighted by Crippen LogP contribution is 2.33. The van der Waals surface area contributed by atoms with Crippen molar-refractivity contribution in [3.63, 3.8) is 0 Å². The smallest absolute Gasteiger partial charge is 0.0702 e. The van der Waals surface area contributed by atoms with Crippen LogP contribution in [-0.2, 0) is 0 Å². The Balaban J connectivity index is 2.12. The van der Waals surface area contributed by atoms with Gasteiger partial charge in [-0.1, -0.05) is 19.3 Å². The lowest BCUT2D eigenvalue weighted by atomic mass is 10.0. The van der Waals surface area contributed by atoms with E-state index in [1.807, 2.05) is 11.3 Å². The highest BCUT2D eigenvalue weighted by Gasteiger charge is 2.25. The van der Waals surface area contributed by atoms with Crippen molar-refractivity contribution < 1.29 is 0 Å². The van der Waals surface area contributed by atoms with E-state index in [9.17, 15) is 0 Å². The molecule has 2 unspecified atom stereocenters. The van der Waals surface area contributed by atoms with Crippen molar-refractivity contribution in [2.75, 3.05) is 13.1 Å². The first-order valence-electron chi connectivity index (χ1n) is 6.93. The Hall–Kier alpha value is 0.1000. The third-order valence-electron chi connectivity index (χ3n) is 3.67. The maximum absolute atomic E-state index is 6.25. The Morgan fingerprint density at radius 3 is 2.28 bits per heavy atom. The molecule has 102 valence electrons. The lowest BCUT2D eigenvalue weighted by Gasteiger charge is -2.34. The summed E-state index contributed by atoms with van der Waals surface area (Å²) in [4.78, 5) is 4.00. The Morgan fingerprint density at radius 2 is 1.78 bits per heavy atom. The quantitative estimate of drug-likeness (QED) is 0.901. The van der Waals surface area contributed by atoms with Gasteiger partial charge in [-0.3, -0.25) is 4.90 Å². The molecular formula is C14H23BrN2S. The summed E-state index contributed by atoms with van der Waals surface area (Å²) in [6.07, 6.45) is 6.78. The fourth-order valence-corrected chi connectivity index (χ4v) is 4.48. The molecule has 2 atom stereocenters. The van der Waals surface area contributed by atoms with Crippen LogP contribution in [0.15, 0.2) is 15.9 Å². The molecule has 0 aliphatic carbocycles. The van der Waals surface area contributed by atoms with Crippen LogP contribution >= 0.6 is 27.3 Å². The normalized spacial score (nSPS) is 22.2. The second kappa shape index (κ2) is 7.04. The minimum absolute atomic E-state index is 0.190. The summed E-state index contributed by atoms with van der Waals surface area (Å²) in [6.45, 7) is 4.53. The van der Waals surface area contributed by atoms with Gasteiger partial charge in [0.05, 0.1) is 9.83 Å². The third-order valence-corrected chi connectivity index (χ3v) is 5.36. The first kappa shape index (κ1) is 14.5. The Morgan fingerprint density at radius 1 is 1.17 bits per heavy atom. The van der Waals surface area contributed by atoms with E-state index in [2.05, 4.69) is 39.9 Å². The molecule has 4 heteroatoms. The molecule has 18 heavy (non-hydrogen) atoms. The van der Waals surface area contributed by atoms with Gasteiger partial charge in [0.25, 0.3) is 0 Å². The molecule has 0 radical (unpaired) electrons. The first-order valence-corrected chi connectivity index (χ1v) is 8.54. The number of halogens is 1. The third kappa shape index (κ3) is 3.80. The number of rotatable bonds is 3. The minimum atomic E-state index is 0.190. The number of nitrogens with zero attached hydrogens (tertiary/aromatic N) is 1. The maximum Gasteiger partial charge on any atom is 0.0702 e. The van der Waals surface area contributed by atoms with E-state index in [1.165, 1.54) is 53.9 Å². The van der Waals surface area contributed by atoms with Crippen LogP contribution in [0.3, 0.4) is 0 Å². The molecule has 1 aliphatic rings. The van der Waals surface area contributed by atoms with Crippen LogP contribution in [0.25, 0.3) is 0 Å². The molecular weight excluding hydrogens is 308 g/mol. The molecule has 0 aromatic carbocycles. The Kier molecular flexibility index (Phi) is 5.67. The van der Waals surface area contributed by atoms with Gasteiger partial charge < -0.3 is 5.73 Å². The average Bonchev–Trinajstić information content (AvgIpc) is 2.67. The Labute approximate surface area is 123 Å². The van der Waals surface area contributed by atoms with E-state index in [0.717, 1.165) is 0 Å². The monoisotopic (exact) mass is 330 g/mol. The second-order valence-electron chi connectivity index (χ2n) is 5.25. The van der Waals surface area contributed by atoms with Crippen molar-refractivity contribution in [2.45, 2.75) is 51.1 Å². The van der Waals surface area contributed by atoms with Crippen LogP contribution in [0.2, 0.25) is 0 Å². The fraction of sp³-hybridized carbons (Fsp3) is 0.714. The van der Waals surface area contributed by atoms with Crippen LogP contribution in [-0.4, -0.2) is 24.0 Å². The van der Waals surface area contributed by atoms with E-state index in [1.54, 1.807) is 0 Å². The van der Waals surface area contributed by atoms with E-state index < -0.39 is 0 Å². The van der Waals surface area contributed by atoms with Crippen LogP contribution in [0.5, 0.6) is 0 Å². The number of likely N-dealkylation sites (tertiary alicyclic amines) is 1. The largest absolute Gasteiger partial charge is 0.326 e. The summed E-state index contributed by atoms with van der Waals surface area (Å²) < 4.78 is 1.20. The summed E-state index contributed by atoms with van der Waals surface area (Å²) in [6, 6.07) is 4.94. The average molecular weight is 331 g/mol. The van der Waals surface area contributed by atoms with Crippen molar-refractivity contribution in [1.82, 2.24) is 4.90 Å². The molecule has 1 fully saturated rings. The highest BCUT2D eigenvalue weighted by molar-refractivity contribution is 9.11. The van der Waals surface area contributed by atoms with Gasteiger partial charge in [0, 0.05) is 10.9 Å². The molecule has 1 saturated heterocycles. The van der Waals surface area contributed by atoms with Gasteiger partial charge in [-0.2, -0.15) is 0 Å². The summed E-state index contributed by atoms with van der Waals surface area (Å²) in [7, 11) is 0. The molecule has 1 aliphatic heterocycles. The van der Waals surface area contributed by atoms with Gasteiger partial charge in [-0.25, -0.2) is 0 Å². The molecule has 1 aromatic heterocycles. The van der Waals surface area contributed by atoms with Crippen molar-refractivity contribution in [2.24, 2.45) is 5.73 Å². The molecule has 2 rings (SSSR count). The van der Waals surface area contributed by atoms with Crippen LogP contribution in [0.1, 0.15) is 49.9 Å². The van der Waals surface area contributed by atoms with E-state index >= 15 is 0 Å². The molecule has 0 saturated carbocycles. The number of hydrogen-bond donors (Lipinski definition) is 1. The Bertz CT molecular complexity index is 356. The van der Waals surface area contributed by atoms with Crippen molar-refractivity contribution in [1.29, 1.82) is 0 Å². The first-order chi connectivity index (χ1) is 8.68. The molecule has 2 nitrogen and oxygen atoms in total. The van der Waals surface area contributed by atoms with Crippen molar-refractivity contribution in [3.05, 3.63) is 20.8 Å². The zero-order valence-corrected chi connectivity index (χ0v) is 13.5. The molecule has 2 heterocycles. The molecule has 0 amide bonds. The van der Waals surface area contributed by atoms with Gasteiger partial charge in [0.1, 0.15) is 0 Å². The lowest BCUT2D eigenvalue weighted by molar-refractivity contribution is 0.164. The predicted molar refractivity (Wildman–Crippen MR) is 83.1 cm³/mol. The SMILES string of the molecule is CC(N)C(c1ccc(Br)s1)N1CCCCCCC1. The minimum Gasteiger partial charge on any atom is -0.326 e. The summed E-state index contributed by atoms with van der Waals surface area (Å²) in [5.41, 5.74) is 6.25. The van der Waals surface area contributed by atoms with Crippen LogP contribution < -0.4 is 5.73 Å². The molecule has 0 spiro atoms. The zero-order chi connectivity index (χ0) is 13.0.